The molecule has 3 heteroatoms. The van der Waals surface area contributed by atoms with Crippen LogP contribution in [0.15, 0.2) is 34.5 Å². The van der Waals surface area contributed by atoms with E-state index in [9.17, 15) is 0 Å². The zero-order valence-corrected chi connectivity index (χ0v) is 13.1. The van der Waals surface area contributed by atoms with Gasteiger partial charge in [-0.15, -0.1) is 0 Å². The van der Waals surface area contributed by atoms with Crippen molar-refractivity contribution in [2.75, 3.05) is 0 Å². The molecule has 106 valence electrons. The summed E-state index contributed by atoms with van der Waals surface area (Å²) in [6.07, 6.45) is 5.43. The second-order valence-electron chi connectivity index (χ2n) is 6.81. The molecule has 20 heavy (non-hydrogen) atoms. The van der Waals surface area contributed by atoms with Crippen molar-refractivity contribution in [2.45, 2.75) is 40.0 Å². The van der Waals surface area contributed by atoms with Gasteiger partial charge in [-0.2, -0.15) is 10.2 Å². The molecule has 2 fully saturated rings. The third-order valence-electron chi connectivity index (χ3n) is 5.79. The second kappa shape index (κ2) is 4.70. The molecule has 2 unspecified atom stereocenters. The van der Waals surface area contributed by atoms with Gasteiger partial charge in [-0.3, -0.25) is 0 Å². The highest BCUT2D eigenvalue weighted by Gasteiger charge is 2.59. The summed E-state index contributed by atoms with van der Waals surface area (Å²) in [6, 6.07) is 7.71. The maximum atomic E-state index is 6.12. The lowest BCUT2D eigenvalue weighted by Gasteiger charge is -2.34. The Kier molecular flexibility index (Phi) is 3.24. The van der Waals surface area contributed by atoms with Crippen molar-refractivity contribution in [3.8, 4) is 0 Å². The smallest absolute Gasteiger partial charge is 0.0583 e. The maximum absolute atomic E-state index is 6.12. The summed E-state index contributed by atoms with van der Waals surface area (Å²) in [4.78, 5) is 0. The molecule has 3 rings (SSSR count). The zero-order valence-electron chi connectivity index (χ0n) is 12.4. The van der Waals surface area contributed by atoms with Gasteiger partial charge in [-0.05, 0) is 36.7 Å². The van der Waals surface area contributed by atoms with Crippen LogP contribution in [-0.4, -0.2) is 11.9 Å². The molecule has 2 atom stereocenters. The van der Waals surface area contributed by atoms with Gasteiger partial charge in [0.15, 0.2) is 0 Å². The van der Waals surface area contributed by atoms with Crippen LogP contribution in [0.1, 0.15) is 45.6 Å². The van der Waals surface area contributed by atoms with E-state index in [1.807, 2.05) is 24.3 Å². The molecule has 0 heterocycles. The lowest BCUT2D eigenvalue weighted by atomic mass is 9.70. The van der Waals surface area contributed by atoms with Gasteiger partial charge in [-0.25, -0.2) is 0 Å². The van der Waals surface area contributed by atoms with Crippen LogP contribution in [0.25, 0.3) is 0 Å². The van der Waals surface area contributed by atoms with E-state index in [1.54, 1.807) is 6.21 Å². The van der Waals surface area contributed by atoms with Crippen LogP contribution in [0.5, 0.6) is 0 Å². The van der Waals surface area contributed by atoms with E-state index in [4.69, 9.17) is 11.6 Å². The van der Waals surface area contributed by atoms with Gasteiger partial charge in [0.2, 0.25) is 0 Å². The Hall–Kier alpha value is -1.15. The lowest BCUT2D eigenvalue weighted by molar-refractivity contribution is 0.194. The molecule has 2 bridgehead atoms. The standard InChI is InChI=1S/C17H21ClN2/c1-16(2)13-8-9-17(16,3)15(10-13)20-19-11-12-6-4-5-7-14(12)18/h4-7,11,13H,8-10H2,1-3H3/b19-11+,20-15+. The van der Waals surface area contributed by atoms with Crippen molar-refractivity contribution in [1.82, 2.24) is 0 Å². The Balaban J connectivity index is 1.84. The van der Waals surface area contributed by atoms with E-state index < -0.39 is 0 Å². The number of fused-ring (bicyclic) bond motifs is 2. The summed E-state index contributed by atoms with van der Waals surface area (Å²) in [5.74, 6) is 0.766. The van der Waals surface area contributed by atoms with Gasteiger partial charge in [-0.1, -0.05) is 50.6 Å². The fraction of sp³-hybridized carbons (Fsp3) is 0.529. The molecule has 2 saturated carbocycles. The van der Waals surface area contributed by atoms with E-state index in [1.165, 1.54) is 18.6 Å². The van der Waals surface area contributed by atoms with E-state index >= 15 is 0 Å². The van der Waals surface area contributed by atoms with Crippen LogP contribution in [-0.2, 0) is 0 Å². The fourth-order valence-electron chi connectivity index (χ4n) is 3.82. The molecular formula is C17H21ClN2. The molecule has 1 aromatic rings. The van der Waals surface area contributed by atoms with Crippen molar-refractivity contribution in [3.05, 3.63) is 34.9 Å². The van der Waals surface area contributed by atoms with Gasteiger partial charge in [0.1, 0.15) is 0 Å². The minimum absolute atomic E-state index is 0.218. The number of rotatable bonds is 2. The average molecular weight is 289 g/mol. The Morgan fingerprint density at radius 1 is 1.25 bits per heavy atom. The Bertz CT molecular complexity index is 588. The summed E-state index contributed by atoms with van der Waals surface area (Å²) in [5.41, 5.74) is 2.76. The van der Waals surface area contributed by atoms with Crippen LogP contribution in [0, 0.1) is 16.7 Å². The number of nitrogens with zero attached hydrogens (tertiary/aromatic N) is 2. The molecule has 2 aliphatic rings. The van der Waals surface area contributed by atoms with E-state index in [0.717, 1.165) is 22.9 Å². The molecule has 2 nitrogen and oxygen atoms in total. The van der Waals surface area contributed by atoms with Gasteiger partial charge in [0.05, 0.1) is 6.21 Å². The van der Waals surface area contributed by atoms with E-state index in [-0.39, 0.29) is 5.41 Å². The van der Waals surface area contributed by atoms with Crippen molar-refractivity contribution >= 4 is 23.5 Å². The number of halogens is 1. The average Bonchev–Trinajstić information content (AvgIpc) is 2.74. The van der Waals surface area contributed by atoms with Crippen LogP contribution < -0.4 is 0 Å². The quantitative estimate of drug-likeness (QED) is 0.543. The first-order valence-electron chi connectivity index (χ1n) is 7.30. The first-order chi connectivity index (χ1) is 9.45. The fourth-order valence-corrected chi connectivity index (χ4v) is 4.00. The second-order valence-corrected chi connectivity index (χ2v) is 7.21. The molecule has 0 radical (unpaired) electrons. The van der Waals surface area contributed by atoms with Crippen LogP contribution >= 0.6 is 11.6 Å². The molecule has 0 aliphatic heterocycles. The Morgan fingerprint density at radius 3 is 2.60 bits per heavy atom. The predicted molar refractivity (Wildman–Crippen MR) is 85.7 cm³/mol. The topological polar surface area (TPSA) is 24.7 Å². The first kappa shape index (κ1) is 13.8. The van der Waals surface area contributed by atoms with E-state index in [0.29, 0.717) is 5.41 Å². The molecule has 0 saturated heterocycles. The first-order valence-corrected chi connectivity index (χ1v) is 7.68. The summed E-state index contributed by atoms with van der Waals surface area (Å²) in [6.45, 7) is 7.11. The van der Waals surface area contributed by atoms with Crippen LogP contribution in [0.2, 0.25) is 5.02 Å². The molecule has 0 amide bonds. The van der Waals surface area contributed by atoms with Crippen LogP contribution in [0.4, 0.5) is 0 Å². The monoisotopic (exact) mass is 288 g/mol. The largest absolute Gasteiger partial charge is 0.160 e. The summed E-state index contributed by atoms with van der Waals surface area (Å²) < 4.78 is 0. The summed E-state index contributed by atoms with van der Waals surface area (Å²) in [7, 11) is 0. The van der Waals surface area contributed by atoms with Gasteiger partial charge in [0.25, 0.3) is 0 Å². The Morgan fingerprint density at radius 2 is 2.00 bits per heavy atom. The molecule has 1 aromatic carbocycles. The zero-order chi connectivity index (χ0) is 14.4. The molecule has 0 spiro atoms. The number of hydrogen-bond acceptors (Lipinski definition) is 2. The van der Waals surface area contributed by atoms with Crippen molar-refractivity contribution < 1.29 is 0 Å². The predicted octanol–water partition coefficient (Wildman–Crippen LogP) is 4.96. The van der Waals surface area contributed by atoms with Crippen molar-refractivity contribution in [1.29, 1.82) is 0 Å². The molecule has 0 N–H and O–H groups in total. The molecule has 2 aliphatic carbocycles. The van der Waals surface area contributed by atoms with Gasteiger partial charge >= 0.3 is 0 Å². The van der Waals surface area contributed by atoms with Gasteiger partial charge in [0, 0.05) is 21.7 Å². The molecular weight excluding hydrogens is 268 g/mol. The lowest BCUT2D eigenvalue weighted by Crippen LogP contribution is -2.32. The SMILES string of the molecule is CC12CCC(C/C1=N\N=C\c1ccccc1Cl)C2(C)C. The van der Waals surface area contributed by atoms with E-state index in [2.05, 4.69) is 31.0 Å². The van der Waals surface area contributed by atoms with Crippen molar-refractivity contribution in [2.24, 2.45) is 27.0 Å². The number of hydrogen-bond donors (Lipinski definition) is 0. The third-order valence-corrected chi connectivity index (χ3v) is 6.14. The maximum Gasteiger partial charge on any atom is 0.0583 e. The highest BCUT2D eigenvalue weighted by molar-refractivity contribution is 6.33. The van der Waals surface area contributed by atoms with Crippen LogP contribution in [0.3, 0.4) is 0 Å². The van der Waals surface area contributed by atoms with Gasteiger partial charge < -0.3 is 0 Å². The highest BCUT2D eigenvalue weighted by atomic mass is 35.5. The molecule has 0 aromatic heterocycles. The third kappa shape index (κ3) is 1.93. The highest BCUT2D eigenvalue weighted by Crippen LogP contribution is 2.63. The summed E-state index contributed by atoms with van der Waals surface area (Å²) in [5, 5.41) is 9.55. The minimum atomic E-state index is 0.218. The van der Waals surface area contributed by atoms with Crippen molar-refractivity contribution in [3.63, 3.8) is 0 Å². The number of benzene rings is 1. The minimum Gasteiger partial charge on any atom is -0.160 e. The summed E-state index contributed by atoms with van der Waals surface area (Å²) >= 11 is 6.12. The Labute approximate surface area is 125 Å². The normalized spacial score (nSPS) is 33.4.